The number of thiazole rings is 1. The summed E-state index contributed by atoms with van der Waals surface area (Å²) in [5, 5.41) is 3.21. The molecular formula is C17H21N3O3S2. The number of carbonyl (C=O) groups excluding carboxylic acids is 1. The molecule has 0 atom stereocenters. The van der Waals surface area contributed by atoms with Crippen LogP contribution in [-0.4, -0.2) is 36.7 Å². The molecule has 0 saturated heterocycles. The highest BCUT2D eigenvalue weighted by atomic mass is 32.2. The third kappa shape index (κ3) is 4.53. The van der Waals surface area contributed by atoms with Gasteiger partial charge in [0.15, 0.2) is 5.13 Å². The van der Waals surface area contributed by atoms with Gasteiger partial charge in [0.25, 0.3) is 0 Å². The van der Waals surface area contributed by atoms with Crippen LogP contribution in [0.25, 0.3) is 10.2 Å². The number of benzene rings is 1. The van der Waals surface area contributed by atoms with Crippen LogP contribution >= 0.6 is 11.3 Å². The maximum Gasteiger partial charge on any atom is 0.243 e. The number of nitrogens with one attached hydrogen (secondary N) is 1. The number of nitrogens with zero attached hydrogens (tertiary/aromatic N) is 2. The Bertz CT molecular complexity index is 878. The fourth-order valence-corrected chi connectivity index (χ4v) is 4.64. The first-order valence-corrected chi connectivity index (χ1v) is 10.1. The topological polar surface area (TPSA) is 79.4 Å². The first-order chi connectivity index (χ1) is 11.9. The van der Waals surface area contributed by atoms with Crippen LogP contribution in [0.3, 0.4) is 0 Å². The van der Waals surface area contributed by atoms with Crippen molar-refractivity contribution < 1.29 is 13.2 Å². The number of amides is 1. The van der Waals surface area contributed by atoms with E-state index in [2.05, 4.69) is 23.5 Å². The number of rotatable bonds is 9. The number of hydrogen-bond acceptors (Lipinski definition) is 5. The monoisotopic (exact) mass is 379 g/mol. The fourth-order valence-electron chi connectivity index (χ4n) is 2.24. The molecule has 0 radical (unpaired) electrons. The molecule has 0 unspecified atom stereocenters. The second-order valence-corrected chi connectivity index (χ2v) is 8.31. The van der Waals surface area contributed by atoms with Crippen LogP contribution < -0.4 is 5.32 Å². The Labute approximate surface area is 151 Å². The summed E-state index contributed by atoms with van der Waals surface area (Å²) >= 11 is 1.25. The summed E-state index contributed by atoms with van der Waals surface area (Å²) in [7, 11) is -3.66. The minimum Gasteiger partial charge on any atom is -0.302 e. The molecule has 134 valence electrons. The van der Waals surface area contributed by atoms with Crippen molar-refractivity contribution in [1.29, 1.82) is 0 Å². The van der Waals surface area contributed by atoms with Gasteiger partial charge in [-0.05, 0) is 24.6 Å². The molecule has 0 bridgehead atoms. The summed E-state index contributed by atoms with van der Waals surface area (Å²) in [5.41, 5.74) is 0.648. The summed E-state index contributed by atoms with van der Waals surface area (Å²) in [6, 6.07) is 4.75. The molecular weight excluding hydrogens is 358 g/mol. The quantitative estimate of drug-likeness (QED) is 0.677. The molecule has 0 fully saturated rings. The van der Waals surface area contributed by atoms with E-state index in [1.165, 1.54) is 33.9 Å². The molecule has 1 heterocycles. The van der Waals surface area contributed by atoms with Crippen LogP contribution in [-0.2, 0) is 14.8 Å². The second kappa shape index (κ2) is 8.37. The van der Waals surface area contributed by atoms with Crippen molar-refractivity contribution in [2.45, 2.75) is 24.7 Å². The second-order valence-electron chi connectivity index (χ2n) is 5.35. The highest BCUT2D eigenvalue weighted by molar-refractivity contribution is 7.89. The van der Waals surface area contributed by atoms with Crippen molar-refractivity contribution >= 4 is 42.6 Å². The van der Waals surface area contributed by atoms with Crippen molar-refractivity contribution in [3.8, 4) is 0 Å². The van der Waals surface area contributed by atoms with E-state index in [9.17, 15) is 13.2 Å². The van der Waals surface area contributed by atoms with Crippen LogP contribution in [0, 0.1) is 0 Å². The predicted octanol–water partition coefficient (Wildman–Crippen LogP) is 3.40. The van der Waals surface area contributed by atoms with Gasteiger partial charge in [-0.25, -0.2) is 13.4 Å². The van der Waals surface area contributed by atoms with Gasteiger partial charge in [0.1, 0.15) is 0 Å². The lowest BCUT2D eigenvalue weighted by molar-refractivity contribution is -0.116. The molecule has 0 saturated carbocycles. The lowest BCUT2D eigenvalue weighted by Crippen LogP contribution is -2.31. The normalized spacial score (nSPS) is 11.6. The molecule has 1 amide bonds. The van der Waals surface area contributed by atoms with Crippen molar-refractivity contribution in [2.24, 2.45) is 0 Å². The van der Waals surface area contributed by atoms with Gasteiger partial charge in [0.2, 0.25) is 15.9 Å². The summed E-state index contributed by atoms with van der Waals surface area (Å²) in [6.07, 6.45) is 4.25. The van der Waals surface area contributed by atoms with Crippen molar-refractivity contribution in [3.05, 3.63) is 43.5 Å². The summed E-state index contributed by atoms with van der Waals surface area (Å²) in [5.74, 6) is -0.0995. The van der Waals surface area contributed by atoms with Gasteiger partial charge in [0.05, 0.1) is 15.1 Å². The predicted molar refractivity (Wildman–Crippen MR) is 102 cm³/mol. The number of sulfonamides is 1. The molecule has 8 heteroatoms. The number of aromatic nitrogens is 1. The third-order valence-electron chi connectivity index (χ3n) is 3.39. The highest BCUT2D eigenvalue weighted by Crippen LogP contribution is 2.29. The largest absolute Gasteiger partial charge is 0.302 e. The third-order valence-corrected chi connectivity index (χ3v) is 6.15. The first-order valence-electron chi connectivity index (χ1n) is 7.84. The smallest absolute Gasteiger partial charge is 0.243 e. The van der Waals surface area contributed by atoms with Crippen LogP contribution in [0.1, 0.15) is 19.8 Å². The van der Waals surface area contributed by atoms with Crippen LogP contribution in [0.4, 0.5) is 5.13 Å². The Morgan fingerprint density at radius 3 is 2.60 bits per heavy atom. The number of carbonyl (C=O) groups is 1. The molecule has 2 rings (SSSR count). The van der Waals surface area contributed by atoms with Crippen molar-refractivity contribution in [1.82, 2.24) is 9.29 Å². The van der Waals surface area contributed by atoms with E-state index >= 15 is 0 Å². The van der Waals surface area contributed by atoms with E-state index in [1.54, 1.807) is 12.1 Å². The Morgan fingerprint density at radius 1 is 1.32 bits per heavy atom. The van der Waals surface area contributed by atoms with Crippen LogP contribution in [0.2, 0.25) is 0 Å². The van der Waals surface area contributed by atoms with Gasteiger partial charge in [0, 0.05) is 19.5 Å². The summed E-state index contributed by atoms with van der Waals surface area (Å²) in [6.45, 7) is 9.52. The van der Waals surface area contributed by atoms with Crippen molar-refractivity contribution in [3.63, 3.8) is 0 Å². The van der Waals surface area contributed by atoms with E-state index in [4.69, 9.17) is 0 Å². The first kappa shape index (κ1) is 19.3. The van der Waals surface area contributed by atoms with E-state index in [-0.39, 0.29) is 23.9 Å². The minimum absolute atomic E-state index is 0.0995. The zero-order chi connectivity index (χ0) is 18.4. The van der Waals surface area contributed by atoms with Gasteiger partial charge < -0.3 is 5.32 Å². The molecule has 0 aliphatic rings. The number of fused-ring (bicyclic) bond motifs is 1. The van der Waals surface area contributed by atoms with Gasteiger partial charge in [-0.15, -0.1) is 13.2 Å². The van der Waals surface area contributed by atoms with E-state index < -0.39 is 10.0 Å². The maximum absolute atomic E-state index is 12.8. The molecule has 25 heavy (non-hydrogen) atoms. The van der Waals surface area contributed by atoms with Gasteiger partial charge in [-0.1, -0.05) is 30.4 Å². The Kier molecular flexibility index (Phi) is 6.46. The molecule has 0 spiro atoms. The molecule has 6 nitrogen and oxygen atoms in total. The lowest BCUT2D eigenvalue weighted by Gasteiger charge is -2.18. The molecule has 1 aromatic heterocycles. The minimum atomic E-state index is -3.66. The van der Waals surface area contributed by atoms with Crippen molar-refractivity contribution in [2.75, 3.05) is 18.4 Å². The zero-order valence-corrected chi connectivity index (χ0v) is 15.7. The number of anilines is 1. The molecule has 0 aliphatic heterocycles. The Balaban J connectivity index is 2.35. The molecule has 2 aromatic rings. The van der Waals surface area contributed by atoms with Gasteiger partial charge >= 0.3 is 0 Å². The Morgan fingerprint density at radius 2 is 2.00 bits per heavy atom. The lowest BCUT2D eigenvalue weighted by atomic mass is 10.3. The molecule has 1 aromatic carbocycles. The van der Waals surface area contributed by atoms with E-state index in [0.717, 1.165) is 6.42 Å². The van der Waals surface area contributed by atoms with E-state index in [0.29, 0.717) is 21.8 Å². The van der Waals surface area contributed by atoms with Crippen LogP contribution in [0.5, 0.6) is 0 Å². The highest BCUT2D eigenvalue weighted by Gasteiger charge is 2.23. The number of hydrogen-bond donors (Lipinski definition) is 1. The SMILES string of the molecule is C=CCN(CC=C)S(=O)(=O)c1ccc2nc(NC(=O)CCC)sc2c1. The molecule has 1 N–H and O–H groups in total. The van der Waals surface area contributed by atoms with Gasteiger partial charge in [-0.3, -0.25) is 4.79 Å². The van der Waals surface area contributed by atoms with Crippen LogP contribution in [0.15, 0.2) is 48.4 Å². The maximum atomic E-state index is 12.8. The Hall–Kier alpha value is -2.03. The summed E-state index contributed by atoms with van der Waals surface area (Å²) < 4.78 is 27.5. The fraction of sp³-hybridized carbons (Fsp3) is 0.294. The average Bonchev–Trinajstić information content (AvgIpc) is 2.95. The van der Waals surface area contributed by atoms with Gasteiger partial charge in [-0.2, -0.15) is 4.31 Å². The average molecular weight is 380 g/mol. The summed E-state index contributed by atoms with van der Waals surface area (Å²) in [4.78, 5) is 16.2. The zero-order valence-electron chi connectivity index (χ0n) is 14.1. The standard InChI is InChI=1S/C17H21N3O3S2/c1-4-7-16(21)19-17-18-14-9-8-13(12-15(14)24-17)25(22,23)20(10-5-2)11-6-3/h5-6,8-9,12H,2-4,7,10-11H2,1H3,(H,18,19,21). The van der Waals surface area contributed by atoms with E-state index in [1.807, 2.05) is 6.92 Å². The molecule has 0 aliphatic carbocycles.